The molecule has 23 heavy (non-hydrogen) atoms. The van der Waals surface area contributed by atoms with Gasteiger partial charge in [-0.05, 0) is 23.0 Å². The summed E-state index contributed by atoms with van der Waals surface area (Å²) in [6.07, 6.45) is 7.24. The van der Waals surface area contributed by atoms with Crippen molar-refractivity contribution in [3.63, 3.8) is 0 Å². The number of nitrogens with zero attached hydrogens (tertiary/aromatic N) is 3. The molecule has 0 aliphatic carbocycles. The standard InChI is InChI=1S/C15H17BrN3O3S/c1-23(2)7-6-22-10-17-13-9-19(21)14(16)8-12(13)11-4-3-5-18(20)15(11)17/h3-5,8-9H,6-7,10H2,1-2H3/q+1. The van der Waals surface area contributed by atoms with Crippen LogP contribution in [0.5, 0.6) is 0 Å². The van der Waals surface area contributed by atoms with Crippen LogP contribution in [0.1, 0.15) is 0 Å². The van der Waals surface area contributed by atoms with E-state index in [2.05, 4.69) is 28.4 Å². The smallest absolute Gasteiger partial charge is 0.295 e. The highest BCUT2D eigenvalue weighted by Gasteiger charge is 2.23. The second kappa shape index (κ2) is 6.54. The van der Waals surface area contributed by atoms with E-state index in [1.807, 2.05) is 6.07 Å². The number of pyridine rings is 2. The second-order valence-electron chi connectivity index (χ2n) is 5.45. The van der Waals surface area contributed by atoms with Gasteiger partial charge in [0.25, 0.3) is 10.3 Å². The average Bonchev–Trinajstić information content (AvgIpc) is 2.79. The highest BCUT2D eigenvalue weighted by atomic mass is 79.9. The van der Waals surface area contributed by atoms with Crippen LogP contribution in [-0.4, -0.2) is 29.4 Å². The van der Waals surface area contributed by atoms with Crippen molar-refractivity contribution in [3.8, 4) is 0 Å². The zero-order valence-corrected chi connectivity index (χ0v) is 15.3. The van der Waals surface area contributed by atoms with E-state index in [1.54, 1.807) is 16.7 Å². The summed E-state index contributed by atoms with van der Waals surface area (Å²) in [5.41, 5.74) is 1.17. The minimum Gasteiger partial charge on any atom is -0.711 e. The monoisotopic (exact) mass is 398 g/mol. The van der Waals surface area contributed by atoms with Crippen LogP contribution in [0.4, 0.5) is 0 Å². The molecule has 0 fully saturated rings. The average molecular weight is 399 g/mol. The molecule has 0 spiro atoms. The van der Waals surface area contributed by atoms with Gasteiger partial charge in [-0.15, -0.1) is 0 Å². The Morgan fingerprint density at radius 2 is 2.04 bits per heavy atom. The molecular weight excluding hydrogens is 382 g/mol. The first-order chi connectivity index (χ1) is 11.0. The topological polar surface area (TPSA) is 68.0 Å². The molecule has 0 bridgehead atoms. The molecule has 0 aliphatic heterocycles. The number of fused-ring (bicyclic) bond motifs is 3. The summed E-state index contributed by atoms with van der Waals surface area (Å²) >= 11 is 3.24. The van der Waals surface area contributed by atoms with E-state index in [-0.39, 0.29) is 6.73 Å². The van der Waals surface area contributed by atoms with E-state index in [0.717, 1.165) is 26.0 Å². The molecule has 0 unspecified atom stereocenters. The van der Waals surface area contributed by atoms with E-state index in [1.165, 1.54) is 12.4 Å². The zero-order chi connectivity index (χ0) is 16.6. The summed E-state index contributed by atoms with van der Waals surface area (Å²) in [6, 6.07) is 5.31. The quantitative estimate of drug-likeness (QED) is 0.216. The molecule has 3 heterocycles. The Balaban J connectivity index is 2.10. The van der Waals surface area contributed by atoms with E-state index in [4.69, 9.17) is 4.74 Å². The zero-order valence-electron chi connectivity index (χ0n) is 12.9. The van der Waals surface area contributed by atoms with Crippen LogP contribution in [0.25, 0.3) is 21.9 Å². The Hall–Kier alpha value is -1.51. The van der Waals surface area contributed by atoms with Gasteiger partial charge in [0.05, 0.1) is 36.1 Å². The van der Waals surface area contributed by atoms with Crippen molar-refractivity contribution in [2.45, 2.75) is 6.73 Å². The highest BCUT2D eigenvalue weighted by molar-refractivity contribution is 9.10. The summed E-state index contributed by atoms with van der Waals surface area (Å²) in [5.74, 6) is 0.974. The SMILES string of the molecule is C[S+](C)CCOCn1c2c[n+]([O-])c(Br)cc2c2ccc[n+]([O-])c21. The third kappa shape index (κ3) is 3.11. The fourth-order valence-electron chi connectivity index (χ4n) is 2.51. The predicted molar refractivity (Wildman–Crippen MR) is 95.1 cm³/mol. The van der Waals surface area contributed by atoms with Crippen LogP contribution < -0.4 is 9.46 Å². The Labute approximate surface area is 144 Å². The molecule has 0 atom stereocenters. The van der Waals surface area contributed by atoms with E-state index < -0.39 is 0 Å². The molecule has 6 nitrogen and oxygen atoms in total. The van der Waals surface area contributed by atoms with Gasteiger partial charge in [0, 0.05) is 22.0 Å². The van der Waals surface area contributed by atoms with Crippen molar-refractivity contribution in [3.05, 3.63) is 45.6 Å². The molecule has 0 aromatic carbocycles. The van der Waals surface area contributed by atoms with Gasteiger partial charge in [0.15, 0.2) is 6.73 Å². The number of aromatic nitrogens is 3. The lowest BCUT2D eigenvalue weighted by molar-refractivity contribution is -0.615. The first-order valence-corrected chi connectivity index (χ1v) is 10.0. The van der Waals surface area contributed by atoms with Gasteiger partial charge < -0.3 is 15.2 Å². The molecule has 0 amide bonds. The van der Waals surface area contributed by atoms with Crippen molar-refractivity contribution in [1.29, 1.82) is 0 Å². The largest absolute Gasteiger partial charge is 0.711 e. The van der Waals surface area contributed by atoms with Crippen molar-refractivity contribution in [1.82, 2.24) is 4.57 Å². The van der Waals surface area contributed by atoms with Gasteiger partial charge in [-0.25, -0.2) is 4.73 Å². The molecular formula is C15H17BrN3O3S+. The third-order valence-electron chi connectivity index (χ3n) is 3.62. The summed E-state index contributed by atoms with van der Waals surface area (Å²) in [7, 11) is 0.309. The lowest BCUT2D eigenvalue weighted by atomic mass is 10.2. The van der Waals surface area contributed by atoms with Crippen molar-refractivity contribution in [2.75, 3.05) is 24.9 Å². The number of hydrogen-bond donors (Lipinski definition) is 0. The molecule has 0 saturated heterocycles. The molecule has 0 saturated carbocycles. The van der Waals surface area contributed by atoms with Crippen LogP contribution in [0.3, 0.4) is 0 Å². The van der Waals surface area contributed by atoms with Crippen LogP contribution in [0, 0.1) is 10.4 Å². The number of hydrogen-bond acceptors (Lipinski definition) is 3. The summed E-state index contributed by atoms with van der Waals surface area (Å²) < 4.78 is 9.44. The van der Waals surface area contributed by atoms with Crippen LogP contribution >= 0.6 is 15.9 Å². The fraction of sp³-hybridized carbons (Fsp3) is 0.333. The molecule has 122 valence electrons. The molecule has 0 aliphatic rings. The maximum absolute atomic E-state index is 12.2. The summed E-state index contributed by atoms with van der Waals surface area (Å²) in [4.78, 5) is 0. The van der Waals surface area contributed by atoms with Crippen LogP contribution in [0.2, 0.25) is 0 Å². The Morgan fingerprint density at radius 3 is 2.78 bits per heavy atom. The Bertz CT molecular complexity index is 866. The molecule has 3 aromatic rings. The molecule has 3 aromatic heterocycles. The highest BCUT2D eigenvalue weighted by Crippen LogP contribution is 2.27. The third-order valence-corrected chi connectivity index (χ3v) is 5.18. The van der Waals surface area contributed by atoms with Gasteiger partial charge in [-0.3, -0.25) is 0 Å². The number of halogens is 1. The molecule has 8 heteroatoms. The fourth-order valence-corrected chi connectivity index (χ4v) is 3.29. The van der Waals surface area contributed by atoms with Gasteiger partial charge in [-0.2, -0.15) is 9.30 Å². The van der Waals surface area contributed by atoms with E-state index >= 15 is 0 Å². The van der Waals surface area contributed by atoms with Crippen molar-refractivity contribution < 1.29 is 14.2 Å². The normalized spacial score (nSPS) is 11.8. The lowest BCUT2D eigenvalue weighted by Gasteiger charge is -2.06. The van der Waals surface area contributed by atoms with Crippen molar-refractivity contribution >= 4 is 48.8 Å². The van der Waals surface area contributed by atoms with Gasteiger partial charge in [-0.1, -0.05) is 0 Å². The Morgan fingerprint density at radius 1 is 1.26 bits per heavy atom. The van der Waals surface area contributed by atoms with Crippen LogP contribution in [-0.2, 0) is 22.4 Å². The minimum absolute atomic E-state index is 0.241. The summed E-state index contributed by atoms with van der Waals surface area (Å²) in [5, 5.41) is 25.8. The van der Waals surface area contributed by atoms with E-state index in [9.17, 15) is 10.4 Å². The first-order valence-electron chi connectivity index (χ1n) is 7.04. The van der Waals surface area contributed by atoms with Crippen LogP contribution in [0.15, 0.2) is 35.2 Å². The van der Waals surface area contributed by atoms with Crippen molar-refractivity contribution in [2.24, 2.45) is 0 Å². The Kier molecular flexibility index (Phi) is 4.65. The minimum atomic E-state index is 0.241. The van der Waals surface area contributed by atoms with Gasteiger partial charge in [0.1, 0.15) is 5.75 Å². The number of ether oxygens (including phenoxy) is 1. The summed E-state index contributed by atoms with van der Waals surface area (Å²) in [6.45, 7) is 0.863. The molecule has 0 radical (unpaired) electrons. The predicted octanol–water partition coefficient (Wildman–Crippen LogP) is 1.68. The molecule has 3 rings (SSSR count). The lowest BCUT2D eigenvalue weighted by Crippen LogP contribution is -2.29. The maximum Gasteiger partial charge on any atom is 0.295 e. The molecule has 0 N–H and O–H groups in total. The number of rotatable bonds is 5. The second-order valence-corrected chi connectivity index (χ2v) is 8.64. The van der Waals surface area contributed by atoms with Gasteiger partial charge >= 0.3 is 0 Å². The van der Waals surface area contributed by atoms with Gasteiger partial charge in [0.2, 0.25) is 11.7 Å². The maximum atomic E-state index is 12.2. The van der Waals surface area contributed by atoms with E-state index in [0.29, 0.717) is 33.3 Å². The first kappa shape index (κ1) is 16.4.